The number of carbonyl (C=O) groups is 1. The Morgan fingerprint density at radius 2 is 1.68 bits per heavy atom. The standard InChI is InChI=1S/C24H24BrN5O6S/c1-3-14-24(27-37(34,35)36,17-12-8-5-9-13-17)30-19-20(26-22(30)25)28(2)23(33)29(21(19)32)15-18(31)16-10-6-4-7-11-16/h4-13,27H,3,14-15H2,1-2H3,(H,34,35,36). The number of nitrogens with one attached hydrogen (secondary N) is 1. The molecule has 2 heterocycles. The molecule has 1 atom stereocenters. The Bertz CT molecular complexity index is 1700. The molecule has 0 aliphatic carbocycles. The molecule has 2 N–H and O–H groups in total. The van der Waals surface area contributed by atoms with Crippen LogP contribution in [0.4, 0.5) is 0 Å². The van der Waals surface area contributed by atoms with Crippen LogP contribution >= 0.6 is 15.9 Å². The first-order valence-electron chi connectivity index (χ1n) is 11.3. The largest absolute Gasteiger partial charge is 0.335 e. The maximum Gasteiger partial charge on any atom is 0.335 e. The van der Waals surface area contributed by atoms with Crippen molar-refractivity contribution in [2.24, 2.45) is 7.05 Å². The van der Waals surface area contributed by atoms with E-state index < -0.39 is 39.5 Å². The van der Waals surface area contributed by atoms with E-state index in [0.717, 1.165) is 9.13 Å². The molecule has 2 aromatic carbocycles. The summed E-state index contributed by atoms with van der Waals surface area (Å²) in [5.41, 5.74) is -2.73. The number of halogens is 1. The predicted molar refractivity (Wildman–Crippen MR) is 141 cm³/mol. The van der Waals surface area contributed by atoms with E-state index in [9.17, 15) is 27.4 Å². The molecule has 194 valence electrons. The number of rotatable bonds is 9. The van der Waals surface area contributed by atoms with Crippen molar-refractivity contribution in [1.29, 1.82) is 0 Å². The molecule has 2 aromatic heterocycles. The molecule has 0 spiro atoms. The second-order valence-electron chi connectivity index (χ2n) is 8.46. The summed E-state index contributed by atoms with van der Waals surface area (Å²) in [6, 6.07) is 16.6. The molecule has 0 saturated carbocycles. The minimum Gasteiger partial charge on any atom is -0.292 e. The molecular formula is C24H24BrN5O6S. The topological polar surface area (TPSA) is 145 Å². The molecule has 0 bridgehead atoms. The van der Waals surface area contributed by atoms with Crippen LogP contribution in [0.2, 0.25) is 0 Å². The minimum atomic E-state index is -4.81. The van der Waals surface area contributed by atoms with Crippen LogP contribution in [0.5, 0.6) is 0 Å². The van der Waals surface area contributed by atoms with Crippen LogP contribution in [-0.2, 0) is 29.6 Å². The Balaban J connectivity index is 2.07. The monoisotopic (exact) mass is 589 g/mol. The highest BCUT2D eigenvalue weighted by Crippen LogP contribution is 2.35. The third-order valence-electron chi connectivity index (χ3n) is 6.04. The van der Waals surface area contributed by atoms with E-state index in [0.29, 0.717) is 17.5 Å². The van der Waals surface area contributed by atoms with Gasteiger partial charge in [0.25, 0.3) is 5.56 Å². The highest BCUT2D eigenvalue weighted by Gasteiger charge is 2.41. The lowest BCUT2D eigenvalue weighted by atomic mass is 9.95. The summed E-state index contributed by atoms with van der Waals surface area (Å²) in [6.07, 6.45) is 0.530. The summed E-state index contributed by atoms with van der Waals surface area (Å²) < 4.78 is 39.9. The summed E-state index contributed by atoms with van der Waals surface area (Å²) >= 11 is 3.33. The van der Waals surface area contributed by atoms with E-state index in [4.69, 9.17) is 0 Å². The zero-order chi connectivity index (χ0) is 27.0. The second-order valence-corrected chi connectivity index (χ2v) is 10.3. The summed E-state index contributed by atoms with van der Waals surface area (Å²) in [5, 5.41) is 0. The number of ketones is 1. The predicted octanol–water partition coefficient (Wildman–Crippen LogP) is 2.44. The van der Waals surface area contributed by atoms with Crippen molar-refractivity contribution in [3.8, 4) is 0 Å². The zero-order valence-corrected chi connectivity index (χ0v) is 22.4. The van der Waals surface area contributed by atoms with Crippen LogP contribution in [0.15, 0.2) is 75.0 Å². The molecule has 0 amide bonds. The number of nitrogens with zero attached hydrogens (tertiary/aromatic N) is 4. The van der Waals surface area contributed by atoms with Crippen LogP contribution in [0, 0.1) is 0 Å². The first kappa shape index (κ1) is 26.7. The molecular weight excluding hydrogens is 566 g/mol. The third-order valence-corrected chi connectivity index (χ3v) is 7.17. The minimum absolute atomic E-state index is 0.0289. The van der Waals surface area contributed by atoms with Gasteiger partial charge in [-0.2, -0.15) is 13.1 Å². The van der Waals surface area contributed by atoms with Gasteiger partial charge in [0.1, 0.15) is 5.66 Å². The second kappa shape index (κ2) is 10.2. The summed E-state index contributed by atoms with van der Waals surface area (Å²) in [6.45, 7) is 1.27. The summed E-state index contributed by atoms with van der Waals surface area (Å²) in [5.74, 6) is -0.455. The van der Waals surface area contributed by atoms with Gasteiger partial charge in [-0.05, 0) is 27.9 Å². The zero-order valence-electron chi connectivity index (χ0n) is 20.0. The highest BCUT2D eigenvalue weighted by atomic mass is 79.9. The van der Waals surface area contributed by atoms with Crippen molar-refractivity contribution in [2.45, 2.75) is 32.0 Å². The highest BCUT2D eigenvalue weighted by molar-refractivity contribution is 9.10. The number of aryl methyl sites for hydroxylation is 1. The summed E-state index contributed by atoms with van der Waals surface area (Å²) in [7, 11) is -3.41. The van der Waals surface area contributed by atoms with E-state index in [1.165, 1.54) is 11.6 Å². The first-order valence-corrected chi connectivity index (χ1v) is 13.5. The van der Waals surface area contributed by atoms with Crippen molar-refractivity contribution in [3.63, 3.8) is 0 Å². The van der Waals surface area contributed by atoms with Crippen LogP contribution in [0.3, 0.4) is 0 Å². The Labute approximate surface area is 220 Å². The third kappa shape index (κ3) is 4.94. The fraction of sp³-hybridized carbons (Fsp3) is 0.250. The van der Waals surface area contributed by atoms with E-state index in [1.54, 1.807) is 60.7 Å². The number of hydrogen-bond acceptors (Lipinski definition) is 6. The number of Topliss-reactive ketones (excluding diaryl/α,β-unsaturated/α-hetero) is 1. The number of benzene rings is 2. The Kier molecular flexibility index (Phi) is 7.33. The average Bonchev–Trinajstić information content (AvgIpc) is 3.23. The van der Waals surface area contributed by atoms with Crippen molar-refractivity contribution in [3.05, 3.63) is 97.4 Å². The van der Waals surface area contributed by atoms with Crippen molar-refractivity contribution < 1.29 is 17.8 Å². The van der Waals surface area contributed by atoms with Crippen molar-refractivity contribution >= 4 is 43.2 Å². The van der Waals surface area contributed by atoms with Gasteiger partial charge in [-0.25, -0.2) is 9.78 Å². The Hall–Kier alpha value is -3.39. The van der Waals surface area contributed by atoms with Gasteiger partial charge in [0, 0.05) is 12.6 Å². The quantitative estimate of drug-likeness (QED) is 0.173. The normalized spacial score (nSPS) is 13.5. The molecule has 0 fully saturated rings. The molecule has 1 unspecified atom stereocenters. The molecule has 13 heteroatoms. The molecule has 0 saturated heterocycles. The molecule has 0 aliphatic rings. The SMILES string of the molecule is CCCC(NS(=O)(=O)O)(c1ccccc1)n1c(Br)nc2c1c(=O)n(CC(=O)c1ccccc1)c(=O)n2C. The van der Waals surface area contributed by atoms with Gasteiger partial charge >= 0.3 is 16.0 Å². The summed E-state index contributed by atoms with van der Waals surface area (Å²) in [4.78, 5) is 44.2. The molecule has 0 aliphatic heterocycles. The molecule has 0 radical (unpaired) electrons. The maximum atomic E-state index is 13.8. The Morgan fingerprint density at radius 3 is 2.24 bits per heavy atom. The fourth-order valence-electron chi connectivity index (χ4n) is 4.47. The smallest absolute Gasteiger partial charge is 0.292 e. The number of hydrogen-bond donors (Lipinski definition) is 2. The van der Waals surface area contributed by atoms with Crippen LogP contribution in [0.25, 0.3) is 11.2 Å². The van der Waals surface area contributed by atoms with Gasteiger partial charge in [0.2, 0.25) is 0 Å². The van der Waals surface area contributed by atoms with Gasteiger partial charge in [-0.15, -0.1) is 0 Å². The van der Waals surface area contributed by atoms with Crippen LogP contribution in [-0.4, -0.2) is 37.4 Å². The van der Waals surface area contributed by atoms with Gasteiger partial charge in [0.05, 0.1) is 6.54 Å². The number of fused-ring (bicyclic) bond motifs is 1. The number of carbonyl (C=O) groups excluding carboxylic acids is 1. The maximum absolute atomic E-state index is 13.8. The van der Waals surface area contributed by atoms with E-state index in [2.05, 4.69) is 25.6 Å². The first-order chi connectivity index (χ1) is 17.5. The molecule has 4 rings (SSSR count). The van der Waals surface area contributed by atoms with Gasteiger partial charge < -0.3 is 0 Å². The van der Waals surface area contributed by atoms with Gasteiger partial charge in [-0.1, -0.05) is 74.0 Å². The van der Waals surface area contributed by atoms with E-state index >= 15 is 0 Å². The van der Waals surface area contributed by atoms with Crippen molar-refractivity contribution in [2.75, 3.05) is 0 Å². The van der Waals surface area contributed by atoms with Crippen LogP contribution < -0.4 is 16.0 Å². The molecule has 37 heavy (non-hydrogen) atoms. The van der Waals surface area contributed by atoms with E-state index in [-0.39, 0.29) is 22.3 Å². The lowest BCUT2D eigenvalue weighted by Crippen LogP contribution is -2.52. The Morgan fingerprint density at radius 1 is 1.08 bits per heavy atom. The fourth-order valence-corrected chi connectivity index (χ4v) is 5.86. The average molecular weight is 590 g/mol. The number of imidazole rings is 1. The van der Waals surface area contributed by atoms with Crippen LogP contribution in [0.1, 0.15) is 35.7 Å². The molecule has 4 aromatic rings. The van der Waals surface area contributed by atoms with Crippen molar-refractivity contribution in [1.82, 2.24) is 23.4 Å². The number of aromatic nitrogens is 4. The lowest BCUT2D eigenvalue weighted by molar-refractivity contribution is 0.0969. The van der Waals surface area contributed by atoms with Gasteiger partial charge in [0.15, 0.2) is 21.7 Å². The van der Waals surface area contributed by atoms with Gasteiger partial charge in [-0.3, -0.25) is 27.8 Å². The molecule has 11 nitrogen and oxygen atoms in total. The lowest BCUT2D eigenvalue weighted by Gasteiger charge is -2.36. The van der Waals surface area contributed by atoms with E-state index in [1.807, 2.05) is 6.92 Å².